The van der Waals surface area contributed by atoms with Gasteiger partial charge in [0, 0.05) is 19.3 Å². The van der Waals surface area contributed by atoms with E-state index in [2.05, 4.69) is 106 Å². The molecule has 0 saturated carbocycles. The first-order valence-corrected chi connectivity index (χ1v) is 25.6. The van der Waals surface area contributed by atoms with Gasteiger partial charge in [-0.25, -0.2) is 0 Å². The Bertz CT molecular complexity index is 1220. The van der Waals surface area contributed by atoms with Gasteiger partial charge in [-0.3, -0.25) is 14.4 Å². The molecule has 0 N–H and O–H groups in total. The largest absolute Gasteiger partial charge is 0.462 e. The second-order valence-electron chi connectivity index (χ2n) is 16.7. The average Bonchev–Trinajstić information content (AvgIpc) is 3.27. The Labute approximate surface area is 382 Å². The van der Waals surface area contributed by atoms with Gasteiger partial charge in [0.1, 0.15) is 13.2 Å². The number of hydrogen-bond donors (Lipinski definition) is 0. The highest BCUT2D eigenvalue weighted by atomic mass is 16.6. The van der Waals surface area contributed by atoms with Crippen molar-refractivity contribution >= 4 is 17.9 Å². The van der Waals surface area contributed by atoms with E-state index in [-0.39, 0.29) is 31.1 Å². The van der Waals surface area contributed by atoms with E-state index in [0.717, 1.165) is 103 Å². The zero-order valence-corrected chi connectivity index (χ0v) is 40.4. The number of esters is 3. The van der Waals surface area contributed by atoms with Crippen molar-refractivity contribution in [1.82, 2.24) is 0 Å². The van der Waals surface area contributed by atoms with Crippen LogP contribution in [0.25, 0.3) is 0 Å². The van der Waals surface area contributed by atoms with Crippen LogP contribution >= 0.6 is 0 Å². The molecule has 0 amide bonds. The molecule has 6 nitrogen and oxygen atoms in total. The van der Waals surface area contributed by atoms with Gasteiger partial charge in [0.05, 0.1) is 0 Å². The van der Waals surface area contributed by atoms with E-state index < -0.39 is 6.10 Å². The van der Waals surface area contributed by atoms with Crippen LogP contribution in [-0.4, -0.2) is 37.2 Å². The highest BCUT2D eigenvalue weighted by Crippen LogP contribution is 2.14. The third kappa shape index (κ3) is 47.6. The summed E-state index contributed by atoms with van der Waals surface area (Å²) in [4.78, 5) is 37.9. The van der Waals surface area contributed by atoms with Crippen LogP contribution in [0.2, 0.25) is 0 Å². The Kier molecular flexibility index (Phi) is 47.5. The molecule has 0 fully saturated rings. The molecule has 6 heteroatoms. The number of carbonyl (C=O) groups excluding carboxylic acids is 3. The van der Waals surface area contributed by atoms with E-state index in [1.165, 1.54) is 89.9 Å². The van der Waals surface area contributed by atoms with Gasteiger partial charge in [-0.15, -0.1) is 0 Å². The molecule has 0 spiro atoms. The molecule has 354 valence electrons. The Morgan fingerprint density at radius 2 is 0.710 bits per heavy atom. The maximum absolute atomic E-state index is 12.8. The third-order valence-electron chi connectivity index (χ3n) is 10.7. The summed E-state index contributed by atoms with van der Waals surface area (Å²) in [6.07, 6.45) is 64.3. The van der Waals surface area contributed by atoms with Crippen molar-refractivity contribution in [3.8, 4) is 0 Å². The fraction of sp³-hybridized carbons (Fsp3) is 0.696. The molecule has 0 rings (SSSR count). The second-order valence-corrected chi connectivity index (χ2v) is 16.7. The summed E-state index contributed by atoms with van der Waals surface area (Å²) in [5.74, 6) is -0.968. The van der Waals surface area contributed by atoms with Crippen LogP contribution in [0, 0.1) is 0 Å². The summed E-state index contributed by atoms with van der Waals surface area (Å²) in [6, 6.07) is 0. The number of rotatable bonds is 45. The molecule has 1 unspecified atom stereocenters. The smallest absolute Gasteiger partial charge is 0.306 e. The third-order valence-corrected chi connectivity index (χ3v) is 10.7. The topological polar surface area (TPSA) is 78.9 Å². The van der Waals surface area contributed by atoms with Gasteiger partial charge in [0.2, 0.25) is 0 Å². The van der Waals surface area contributed by atoms with E-state index in [9.17, 15) is 14.4 Å². The Morgan fingerprint density at radius 1 is 0.355 bits per heavy atom. The van der Waals surface area contributed by atoms with Gasteiger partial charge in [-0.1, -0.05) is 202 Å². The molecule has 0 bridgehead atoms. The van der Waals surface area contributed by atoms with Crippen LogP contribution in [0.4, 0.5) is 0 Å². The van der Waals surface area contributed by atoms with Gasteiger partial charge in [0.15, 0.2) is 6.10 Å². The zero-order chi connectivity index (χ0) is 45.1. The van der Waals surface area contributed by atoms with Gasteiger partial charge >= 0.3 is 17.9 Å². The monoisotopic (exact) mass is 863 g/mol. The lowest BCUT2D eigenvalue weighted by molar-refractivity contribution is -0.167. The Morgan fingerprint density at radius 3 is 1.21 bits per heavy atom. The highest BCUT2D eigenvalue weighted by molar-refractivity contribution is 5.71. The average molecular weight is 863 g/mol. The first-order chi connectivity index (χ1) is 30.5. The number of ether oxygens (including phenoxy) is 3. The van der Waals surface area contributed by atoms with Gasteiger partial charge in [-0.2, -0.15) is 0 Å². The van der Waals surface area contributed by atoms with Crippen molar-refractivity contribution in [3.63, 3.8) is 0 Å². The van der Waals surface area contributed by atoms with Crippen molar-refractivity contribution in [2.24, 2.45) is 0 Å². The van der Waals surface area contributed by atoms with Crippen LogP contribution < -0.4 is 0 Å². The molecule has 0 aromatic heterocycles. The molecule has 0 heterocycles. The van der Waals surface area contributed by atoms with Crippen LogP contribution in [0.3, 0.4) is 0 Å². The summed E-state index contributed by atoms with van der Waals surface area (Å²) in [7, 11) is 0. The number of hydrogen-bond acceptors (Lipinski definition) is 6. The van der Waals surface area contributed by atoms with Crippen molar-refractivity contribution in [2.45, 2.75) is 239 Å². The van der Waals surface area contributed by atoms with E-state index in [1.807, 2.05) is 0 Å². The molecule has 1 atom stereocenters. The summed E-state index contributed by atoms with van der Waals surface area (Å²) in [6.45, 7) is 6.33. The summed E-state index contributed by atoms with van der Waals surface area (Å²) >= 11 is 0. The molecule has 0 aromatic rings. The fourth-order valence-electron chi connectivity index (χ4n) is 6.86. The van der Waals surface area contributed by atoms with E-state index in [4.69, 9.17) is 14.2 Å². The molecule has 62 heavy (non-hydrogen) atoms. The quantitative estimate of drug-likeness (QED) is 0.0199. The van der Waals surface area contributed by atoms with Crippen molar-refractivity contribution in [1.29, 1.82) is 0 Å². The summed E-state index contributed by atoms with van der Waals surface area (Å²) < 4.78 is 16.7. The molecular weight excluding hydrogens is 769 g/mol. The van der Waals surface area contributed by atoms with Crippen LogP contribution in [0.15, 0.2) is 85.1 Å². The number of allylic oxidation sites excluding steroid dienone is 14. The lowest BCUT2D eigenvalue weighted by atomic mass is 10.1. The van der Waals surface area contributed by atoms with Gasteiger partial charge < -0.3 is 14.2 Å². The van der Waals surface area contributed by atoms with Crippen molar-refractivity contribution < 1.29 is 28.6 Å². The first-order valence-electron chi connectivity index (χ1n) is 25.6. The molecule has 0 aliphatic rings. The minimum atomic E-state index is -0.804. The second kappa shape index (κ2) is 50.2. The first kappa shape index (κ1) is 58.6. The maximum atomic E-state index is 12.8. The highest BCUT2D eigenvalue weighted by Gasteiger charge is 2.19. The van der Waals surface area contributed by atoms with Gasteiger partial charge in [-0.05, 0) is 96.3 Å². The van der Waals surface area contributed by atoms with Crippen LogP contribution in [0.1, 0.15) is 233 Å². The van der Waals surface area contributed by atoms with E-state index in [0.29, 0.717) is 19.3 Å². The molecule has 0 saturated heterocycles. The fourth-order valence-corrected chi connectivity index (χ4v) is 6.86. The summed E-state index contributed by atoms with van der Waals surface area (Å²) in [5.41, 5.74) is 0. The number of unbranched alkanes of at least 4 members (excludes halogenated alkanes) is 22. The Hall–Kier alpha value is -3.41. The molecule has 0 aliphatic carbocycles. The zero-order valence-electron chi connectivity index (χ0n) is 40.4. The van der Waals surface area contributed by atoms with Crippen LogP contribution in [0.5, 0.6) is 0 Å². The predicted octanol–water partition coefficient (Wildman–Crippen LogP) is 16.8. The molecule has 0 aromatic carbocycles. The maximum Gasteiger partial charge on any atom is 0.306 e. The lowest BCUT2D eigenvalue weighted by Gasteiger charge is -2.18. The predicted molar refractivity (Wildman–Crippen MR) is 265 cm³/mol. The van der Waals surface area contributed by atoms with Crippen molar-refractivity contribution in [2.75, 3.05) is 13.2 Å². The van der Waals surface area contributed by atoms with E-state index >= 15 is 0 Å². The molecule has 0 aliphatic heterocycles. The minimum absolute atomic E-state index is 0.100. The van der Waals surface area contributed by atoms with Crippen LogP contribution in [-0.2, 0) is 28.6 Å². The van der Waals surface area contributed by atoms with E-state index in [1.54, 1.807) is 0 Å². The van der Waals surface area contributed by atoms with Crippen molar-refractivity contribution in [3.05, 3.63) is 85.1 Å². The lowest BCUT2D eigenvalue weighted by Crippen LogP contribution is -2.30. The number of carbonyl (C=O) groups is 3. The standard InChI is InChI=1S/C56H94O6/c1-4-7-10-13-16-19-22-25-26-27-28-29-30-32-34-37-40-43-46-49-55(58)61-52-53(51-60-54(57)48-45-42-39-36-33-24-21-18-15-12-9-6-3)62-56(59)50-47-44-41-38-35-31-23-20-17-14-11-8-5-2/h8-9,11-12,14,17-18,20-21,23,27-28,33,36,53H,4-7,10,13,15-16,19,22,24-26,29-32,34-35,37-52H2,1-3H3/b11-8-,12-9-,17-14-,21-18-,23-20-,28-27-,36-33-. The van der Waals surface area contributed by atoms with Gasteiger partial charge in [0.25, 0.3) is 0 Å². The molecule has 0 radical (unpaired) electrons. The minimum Gasteiger partial charge on any atom is -0.462 e. The SMILES string of the molecule is CC\C=C/C=C\C=C/CCCCCCCC(=O)OC(COC(=O)CCCC/C=C\C/C=C\C/C=C\CC)COC(=O)CCCCCCCCC/C=C\CCCCCCCCCC. The Balaban J connectivity index is 4.40. The molecular formula is C56H94O6. The summed E-state index contributed by atoms with van der Waals surface area (Å²) in [5, 5.41) is 0. The normalized spacial score (nSPS) is 12.8.